The number of carbonyl (C=O) groups is 2. The Kier molecular flexibility index (Phi) is 4.55. The molecule has 0 spiro atoms. The van der Waals surface area contributed by atoms with E-state index in [-0.39, 0.29) is 23.5 Å². The molecule has 6 heteroatoms. The molecule has 1 heterocycles. The monoisotopic (exact) mass is 415 g/mol. The summed E-state index contributed by atoms with van der Waals surface area (Å²) >= 11 is 7.29. The van der Waals surface area contributed by atoms with Crippen molar-refractivity contribution in [2.45, 2.75) is 38.5 Å². The van der Waals surface area contributed by atoms with Gasteiger partial charge < -0.3 is 4.74 Å². The van der Waals surface area contributed by atoms with E-state index in [1.807, 2.05) is 12.1 Å². The predicted molar refractivity (Wildman–Crippen MR) is 108 cm³/mol. The molecule has 4 nitrogen and oxygen atoms in total. The van der Waals surface area contributed by atoms with Gasteiger partial charge in [0.05, 0.1) is 0 Å². The highest BCUT2D eigenvalue weighted by molar-refractivity contribution is 7.13. The summed E-state index contributed by atoms with van der Waals surface area (Å²) in [4.78, 5) is 29.8. The van der Waals surface area contributed by atoms with Crippen LogP contribution in [-0.4, -0.2) is 23.3 Å². The maximum absolute atomic E-state index is 13.0. The molecule has 28 heavy (non-hydrogen) atoms. The molecule has 0 unspecified atom stereocenters. The van der Waals surface area contributed by atoms with Crippen LogP contribution in [-0.2, 0) is 9.53 Å². The van der Waals surface area contributed by atoms with Gasteiger partial charge in [-0.3, -0.25) is 4.79 Å². The van der Waals surface area contributed by atoms with Gasteiger partial charge in [0.25, 0.3) is 0 Å². The first-order valence-corrected chi connectivity index (χ1v) is 11.2. The Morgan fingerprint density at radius 3 is 2.29 bits per heavy atom. The number of rotatable bonds is 5. The maximum Gasteiger partial charge on any atom is 0.358 e. The fourth-order valence-electron chi connectivity index (χ4n) is 5.90. The van der Waals surface area contributed by atoms with E-state index >= 15 is 0 Å². The van der Waals surface area contributed by atoms with Gasteiger partial charge in [0.15, 0.2) is 18.1 Å². The van der Waals surface area contributed by atoms with Gasteiger partial charge in [0, 0.05) is 21.4 Å². The molecular weight excluding hydrogens is 394 g/mol. The van der Waals surface area contributed by atoms with Crippen molar-refractivity contribution in [1.29, 1.82) is 0 Å². The minimum atomic E-state index is -0.519. The molecule has 0 amide bonds. The minimum Gasteiger partial charge on any atom is -0.453 e. The number of aromatic nitrogens is 1. The first kappa shape index (κ1) is 18.3. The van der Waals surface area contributed by atoms with E-state index in [2.05, 4.69) is 4.98 Å². The van der Waals surface area contributed by atoms with Gasteiger partial charge >= 0.3 is 5.97 Å². The largest absolute Gasteiger partial charge is 0.453 e. The molecule has 4 bridgehead atoms. The Hall–Kier alpha value is -1.72. The van der Waals surface area contributed by atoms with Crippen LogP contribution in [0.25, 0.3) is 10.6 Å². The van der Waals surface area contributed by atoms with Crippen molar-refractivity contribution in [1.82, 2.24) is 4.98 Å². The number of ether oxygens (including phenoxy) is 1. The van der Waals surface area contributed by atoms with E-state index in [0.717, 1.165) is 29.8 Å². The van der Waals surface area contributed by atoms with Crippen molar-refractivity contribution >= 4 is 34.7 Å². The molecular formula is C22H22ClNO3S. The molecule has 2 aromatic rings. The van der Waals surface area contributed by atoms with Crippen molar-refractivity contribution in [2.24, 2.45) is 23.2 Å². The third kappa shape index (κ3) is 3.29. The van der Waals surface area contributed by atoms with Gasteiger partial charge in [-0.15, -0.1) is 11.3 Å². The lowest BCUT2D eigenvalue weighted by atomic mass is 9.48. The molecule has 146 valence electrons. The Labute approximate surface area is 173 Å². The first-order chi connectivity index (χ1) is 13.5. The number of carbonyl (C=O) groups excluding carboxylic acids is 2. The van der Waals surface area contributed by atoms with Gasteiger partial charge in [-0.25, -0.2) is 9.78 Å². The van der Waals surface area contributed by atoms with Gasteiger partial charge in [-0.1, -0.05) is 23.7 Å². The van der Waals surface area contributed by atoms with E-state index in [9.17, 15) is 9.59 Å². The topological polar surface area (TPSA) is 56.3 Å². The van der Waals surface area contributed by atoms with Crippen LogP contribution in [0, 0.1) is 23.2 Å². The van der Waals surface area contributed by atoms with E-state index in [1.165, 1.54) is 30.6 Å². The van der Waals surface area contributed by atoms with Gasteiger partial charge in [-0.05, 0) is 68.4 Å². The number of halogens is 1. The van der Waals surface area contributed by atoms with Crippen LogP contribution in [0.2, 0.25) is 5.02 Å². The number of Topliss-reactive ketones (excluding diaryl/α,β-unsaturated/α-hetero) is 1. The maximum atomic E-state index is 13.0. The van der Waals surface area contributed by atoms with Crippen molar-refractivity contribution in [3.8, 4) is 10.6 Å². The SMILES string of the molecule is O=C(OCC(=O)C12CC3CC(CC(C3)C1)C2)c1csc(-c2ccc(Cl)cc2)n1. The van der Waals surface area contributed by atoms with E-state index in [4.69, 9.17) is 16.3 Å². The average Bonchev–Trinajstić information content (AvgIpc) is 3.15. The lowest BCUT2D eigenvalue weighted by Gasteiger charge is -2.55. The number of benzene rings is 1. The fraction of sp³-hybridized carbons (Fsp3) is 0.500. The fourth-order valence-corrected chi connectivity index (χ4v) is 6.82. The average molecular weight is 416 g/mol. The van der Waals surface area contributed by atoms with E-state index < -0.39 is 5.97 Å². The first-order valence-electron chi connectivity index (χ1n) is 9.93. The van der Waals surface area contributed by atoms with Crippen LogP contribution in [0.4, 0.5) is 0 Å². The van der Waals surface area contributed by atoms with Crippen LogP contribution >= 0.6 is 22.9 Å². The zero-order chi connectivity index (χ0) is 19.3. The van der Waals surface area contributed by atoms with Crippen LogP contribution in [0.15, 0.2) is 29.6 Å². The molecule has 1 aromatic carbocycles. The molecule has 6 rings (SSSR count). The molecule has 4 fully saturated rings. The Bertz CT molecular complexity index is 885. The lowest BCUT2D eigenvalue weighted by molar-refractivity contribution is -0.147. The highest BCUT2D eigenvalue weighted by Crippen LogP contribution is 2.60. The molecule has 0 aliphatic heterocycles. The number of thiazole rings is 1. The van der Waals surface area contributed by atoms with Gasteiger partial charge in [0.1, 0.15) is 5.01 Å². The smallest absolute Gasteiger partial charge is 0.358 e. The highest BCUT2D eigenvalue weighted by Gasteiger charge is 2.54. The molecule has 4 aliphatic rings. The number of hydrogen-bond acceptors (Lipinski definition) is 5. The normalized spacial score (nSPS) is 30.4. The third-order valence-corrected chi connectivity index (χ3v) is 7.91. The molecule has 0 atom stereocenters. The van der Waals surface area contributed by atoms with E-state index in [0.29, 0.717) is 22.8 Å². The quantitative estimate of drug-likeness (QED) is 0.613. The van der Waals surface area contributed by atoms with E-state index in [1.54, 1.807) is 17.5 Å². The van der Waals surface area contributed by atoms with Crippen molar-refractivity contribution in [3.63, 3.8) is 0 Å². The standard InChI is InChI=1S/C22H22ClNO3S/c23-17-3-1-16(2-4-17)20-24-18(12-28-20)21(26)27-11-19(25)22-8-13-5-14(9-22)7-15(6-13)10-22/h1-4,12-15H,5-11H2. The summed E-state index contributed by atoms with van der Waals surface area (Å²) < 4.78 is 5.38. The molecule has 4 aliphatic carbocycles. The van der Waals surface area contributed by atoms with Crippen molar-refractivity contribution in [3.05, 3.63) is 40.4 Å². The Balaban J connectivity index is 1.23. The van der Waals surface area contributed by atoms with Gasteiger partial charge in [0.2, 0.25) is 0 Å². The van der Waals surface area contributed by atoms with Crippen LogP contribution < -0.4 is 0 Å². The second-order valence-corrected chi connectivity index (χ2v) is 10.0. The van der Waals surface area contributed by atoms with Crippen molar-refractivity contribution in [2.75, 3.05) is 6.61 Å². The van der Waals surface area contributed by atoms with Crippen LogP contribution in [0.5, 0.6) is 0 Å². The zero-order valence-electron chi connectivity index (χ0n) is 15.5. The highest BCUT2D eigenvalue weighted by atomic mass is 35.5. The van der Waals surface area contributed by atoms with Crippen LogP contribution in [0.1, 0.15) is 49.0 Å². The molecule has 0 radical (unpaired) electrons. The molecule has 0 N–H and O–H groups in total. The Morgan fingerprint density at radius 1 is 1.07 bits per heavy atom. The summed E-state index contributed by atoms with van der Waals surface area (Å²) in [5.74, 6) is 1.70. The molecule has 1 aromatic heterocycles. The van der Waals surface area contributed by atoms with Crippen molar-refractivity contribution < 1.29 is 14.3 Å². The number of esters is 1. The van der Waals surface area contributed by atoms with Crippen LogP contribution in [0.3, 0.4) is 0 Å². The molecule has 0 saturated heterocycles. The summed E-state index contributed by atoms with van der Waals surface area (Å²) in [5.41, 5.74) is 0.928. The second kappa shape index (κ2) is 6.96. The zero-order valence-corrected chi connectivity index (χ0v) is 17.1. The summed E-state index contributed by atoms with van der Waals surface area (Å²) in [6.45, 7) is -0.126. The second-order valence-electron chi connectivity index (χ2n) is 8.74. The number of ketones is 1. The van der Waals surface area contributed by atoms with Gasteiger partial charge in [-0.2, -0.15) is 0 Å². The number of nitrogens with zero attached hydrogens (tertiary/aromatic N) is 1. The molecule has 4 saturated carbocycles. The third-order valence-electron chi connectivity index (χ3n) is 6.77. The summed E-state index contributed by atoms with van der Waals surface area (Å²) in [5, 5.41) is 3.07. The number of hydrogen-bond donors (Lipinski definition) is 0. The summed E-state index contributed by atoms with van der Waals surface area (Å²) in [6.07, 6.45) is 6.85. The lowest BCUT2D eigenvalue weighted by Crippen LogP contribution is -2.51. The Morgan fingerprint density at radius 2 is 1.68 bits per heavy atom. The minimum absolute atomic E-state index is 0.119. The summed E-state index contributed by atoms with van der Waals surface area (Å²) in [7, 11) is 0. The predicted octanol–water partition coefficient (Wildman–Crippen LogP) is 5.41. The summed E-state index contributed by atoms with van der Waals surface area (Å²) in [6, 6.07) is 7.32.